The summed E-state index contributed by atoms with van der Waals surface area (Å²) in [5, 5.41) is 5.09. The van der Waals surface area contributed by atoms with Crippen molar-refractivity contribution in [3.63, 3.8) is 0 Å². The summed E-state index contributed by atoms with van der Waals surface area (Å²) in [6.07, 6.45) is 3.26. The molecule has 5 nitrogen and oxygen atoms in total. The van der Waals surface area contributed by atoms with Crippen molar-refractivity contribution in [2.45, 2.75) is 6.54 Å². The van der Waals surface area contributed by atoms with E-state index in [9.17, 15) is 14.0 Å². The van der Waals surface area contributed by atoms with Crippen LogP contribution in [0.5, 0.6) is 0 Å². The van der Waals surface area contributed by atoms with Crippen molar-refractivity contribution in [2.24, 2.45) is 0 Å². The van der Waals surface area contributed by atoms with Crippen molar-refractivity contribution in [3.8, 4) is 0 Å². The number of hydrogen-bond acceptors (Lipinski definition) is 3. The van der Waals surface area contributed by atoms with E-state index in [0.29, 0.717) is 6.54 Å². The van der Waals surface area contributed by atoms with E-state index >= 15 is 0 Å². The van der Waals surface area contributed by atoms with Crippen LogP contribution in [0.25, 0.3) is 0 Å². The molecule has 0 bridgehead atoms. The van der Waals surface area contributed by atoms with Crippen molar-refractivity contribution < 1.29 is 14.0 Å². The third kappa shape index (κ3) is 4.68. The topological polar surface area (TPSA) is 71.1 Å². The van der Waals surface area contributed by atoms with Crippen molar-refractivity contribution in [1.29, 1.82) is 0 Å². The minimum absolute atomic E-state index is 0.166. The summed E-state index contributed by atoms with van der Waals surface area (Å²) in [4.78, 5) is 27.2. The summed E-state index contributed by atoms with van der Waals surface area (Å²) in [7, 11) is 0. The molecular weight excluding hydrogens is 273 g/mol. The number of carbonyl (C=O) groups is 2. The van der Waals surface area contributed by atoms with Gasteiger partial charge in [-0.3, -0.25) is 14.6 Å². The maximum Gasteiger partial charge on any atom is 0.251 e. The Kier molecular flexibility index (Phi) is 4.98. The van der Waals surface area contributed by atoms with E-state index in [0.717, 1.165) is 11.6 Å². The highest BCUT2D eigenvalue weighted by Gasteiger charge is 2.08. The van der Waals surface area contributed by atoms with Crippen LogP contribution in [-0.4, -0.2) is 23.3 Å². The molecule has 6 heteroatoms. The van der Waals surface area contributed by atoms with Crippen molar-refractivity contribution in [1.82, 2.24) is 15.6 Å². The highest BCUT2D eigenvalue weighted by atomic mass is 19.1. The Bertz CT molecular complexity index is 632. The number of amides is 2. The van der Waals surface area contributed by atoms with Gasteiger partial charge in [0.15, 0.2) is 0 Å². The number of pyridine rings is 1. The summed E-state index contributed by atoms with van der Waals surface area (Å²) in [5.74, 6) is -1.31. The first-order valence-corrected chi connectivity index (χ1v) is 6.34. The van der Waals surface area contributed by atoms with Gasteiger partial charge in [-0.1, -0.05) is 6.07 Å². The first-order valence-electron chi connectivity index (χ1n) is 6.34. The Balaban J connectivity index is 1.77. The Labute approximate surface area is 121 Å². The molecule has 0 unspecified atom stereocenters. The highest BCUT2D eigenvalue weighted by Crippen LogP contribution is 2.02. The molecule has 2 N–H and O–H groups in total. The fourth-order valence-corrected chi connectivity index (χ4v) is 1.66. The lowest BCUT2D eigenvalue weighted by atomic mass is 10.2. The van der Waals surface area contributed by atoms with E-state index in [4.69, 9.17) is 0 Å². The Morgan fingerprint density at radius 1 is 1.10 bits per heavy atom. The number of nitrogens with zero attached hydrogens (tertiary/aromatic N) is 1. The van der Waals surface area contributed by atoms with Crippen LogP contribution in [0.1, 0.15) is 15.9 Å². The Morgan fingerprint density at radius 3 is 2.57 bits per heavy atom. The SMILES string of the molecule is O=C(CNC(=O)c1cccc(F)c1)NCc1ccncc1. The predicted molar refractivity (Wildman–Crippen MR) is 74.8 cm³/mol. The van der Waals surface area contributed by atoms with Crippen LogP contribution in [-0.2, 0) is 11.3 Å². The molecule has 2 aromatic rings. The smallest absolute Gasteiger partial charge is 0.251 e. The molecule has 0 aliphatic heterocycles. The predicted octanol–water partition coefficient (Wildman–Crippen LogP) is 1.27. The van der Waals surface area contributed by atoms with E-state index < -0.39 is 11.7 Å². The van der Waals surface area contributed by atoms with Crippen LogP contribution in [0.2, 0.25) is 0 Å². The minimum atomic E-state index is -0.496. The number of nitrogens with one attached hydrogen (secondary N) is 2. The largest absolute Gasteiger partial charge is 0.350 e. The van der Waals surface area contributed by atoms with Gasteiger partial charge < -0.3 is 10.6 Å². The van der Waals surface area contributed by atoms with Gasteiger partial charge >= 0.3 is 0 Å². The second-order valence-corrected chi connectivity index (χ2v) is 4.33. The van der Waals surface area contributed by atoms with Crippen LogP contribution >= 0.6 is 0 Å². The zero-order chi connectivity index (χ0) is 15.1. The van der Waals surface area contributed by atoms with Gasteiger partial charge in [0.05, 0.1) is 6.54 Å². The molecule has 0 aliphatic carbocycles. The summed E-state index contributed by atoms with van der Waals surface area (Å²) in [6, 6.07) is 8.85. The molecule has 1 heterocycles. The summed E-state index contributed by atoms with van der Waals surface area (Å²) in [6.45, 7) is 0.192. The number of halogens is 1. The number of carbonyl (C=O) groups excluding carboxylic acids is 2. The van der Waals surface area contributed by atoms with E-state index in [2.05, 4.69) is 15.6 Å². The molecule has 0 radical (unpaired) electrons. The van der Waals surface area contributed by atoms with E-state index in [1.807, 2.05) is 0 Å². The van der Waals surface area contributed by atoms with Crippen LogP contribution in [0, 0.1) is 5.82 Å². The van der Waals surface area contributed by atoms with Gasteiger partial charge in [-0.2, -0.15) is 0 Å². The average Bonchev–Trinajstić information content (AvgIpc) is 2.51. The molecule has 0 aliphatic rings. The fourth-order valence-electron chi connectivity index (χ4n) is 1.66. The van der Waals surface area contributed by atoms with Gasteiger partial charge in [-0.25, -0.2) is 4.39 Å². The summed E-state index contributed by atoms with van der Waals surface area (Å²) < 4.78 is 13.0. The molecule has 0 saturated heterocycles. The van der Waals surface area contributed by atoms with Crippen LogP contribution in [0.4, 0.5) is 4.39 Å². The second-order valence-electron chi connectivity index (χ2n) is 4.33. The van der Waals surface area contributed by atoms with Crippen molar-refractivity contribution in [3.05, 3.63) is 65.7 Å². The first-order chi connectivity index (χ1) is 10.1. The molecule has 0 atom stereocenters. The molecule has 0 saturated carbocycles. The van der Waals surface area contributed by atoms with Crippen molar-refractivity contribution in [2.75, 3.05) is 6.54 Å². The molecule has 1 aromatic heterocycles. The minimum Gasteiger partial charge on any atom is -0.350 e. The van der Waals surface area contributed by atoms with Crippen LogP contribution in [0.15, 0.2) is 48.8 Å². The second kappa shape index (κ2) is 7.14. The molecule has 21 heavy (non-hydrogen) atoms. The summed E-state index contributed by atoms with van der Waals surface area (Å²) >= 11 is 0. The fraction of sp³-hybridized carbons (Fsp3) is 0.133. The highest BCUT2D eigenvalue weighted by molar-refractivity contribution is 5.96. The lowest BCUT2D eigenvalue weighted by Crippen LogP contribution is -2.36. The average molecular weight is 287 g/mol. The van der Waals surface area contributed by atoms with Crippen LogP contribution < -0.4 is 10.6 Å². The third-order valence-corrected chi connectivity index (χ3v) is 2.74. The molecular formula is C15H14FN3O2. The van der Waals surface area contributed by atoms with Gasteiger partial charge in [0.25, 0.3) is 5.91 Å². The Morgan fingerprint density at radius 2 is 1.86 bits per heavy atom. The lowest BCUT2D eigenvalue weighted by molar-refractivity contribution is -0.120. The van der Waals surface area contributed by atoms with Crippen molar-refractivity contribution >= 4 is 11.8 Å². The van der Waals surface area contributed by atoms with E-state index in [1.165, 1.54) is 18.2 Å². The monoisotopic (exact) mass is 287 g/mol. The van der Waals surface area contributed by atoms with Gasteiger partial charge in [-0.05, 0) is 35.9 Å². The molecule has 0 spiro atoms. The van der Waals surface area contributed by atoms with Gasteiger partial charge in [-0.15, -0.1) is 0 Å². The number of benzene rings is 1. The quantitative estimate of drug-likeness (QED) is 0.870. The summed E-state index contributed by atoms with van der Waals surface area (Å²) in [5.41, 5.74) is 1.09. The van der Waals surface area contributed by atoms with Gasteiger partial charge in [0, 0.05) is 24.5 Å². The standard InChI is InChI=1S/C15H14FN3O2/c16-13-3-1-2-12(8-13)15(21)19-10-14(20)18-9-11-4-6-17-7-5-11/h1-8H,9-10H2,(H,18,20)(H,19,21). The number of rotatable bonds is 5. The molecule has 108 valence electrons. The molecule has 2 rings (SSSR count). The zero-order valence-electron chi connectivity index (χ0n) is 11.2. The molecule has 2 amide bonds. The normalized spacial score (nSPS) is 9.95. The third-order valence-electron chi connectivity index (χ3n) is 2.74. The Hall–Kier alpha value is -2.76. The van der Waals surface area contributed by atoms with E-state index in [1.54, 1.807) is 24.5 Å². The number of aromatic nitrogens is 1. The van der Waals surface area contributed by atoms with Gasteiger partial charge in [0.1, 0.15) is 5.82 Å². The lowest BCUT2D eigenvalue weighted by Gasteiger charge is -2.07. The maximum atomic E-state index is 13.0. The number of hydrogen-bond donors (Lipinski definition) is 2. The van der Waals surface area contributed by atoms with Crippen LogP contribution in [0.3, 0.4) is 0 Å². The maximum absolute atomic E-state index is 13.0. The molecule has 0 fully saturated rings. The van der Waals surface area contributed by atoms with E-state index in [-0.39, 0.29) is 18.0 Å². The molecule has 1 aromatic carbocycles. The zero-order valence-corrected chi connectivity index (χ0v) is 11.2. The van der Waals surface area contributed by atoms with Gasteiger partial charge in [0.2, 0.25) is 5.91 Å². The first kappa shape index (κ1) is 14.6.